The second-order valence-electron chi connectivity index (χ2n) is 13.3. The number of rotatable bonds is 7. The molecule has 0 spiro atoms. The van der Waals surface area contributed by atoms with E-state index in [0.29, 0.717) is 0 Å². The molecule has 0 bridgehead atoms. The Morgan fingerprint density at radius 1 is 0.491 bits per heavy atom. The normalized spacial score (nSPS) is 12.6. The van der Waals surface area contributed by atoms with Crippen LogP contribution < -0.4 is 15.1 Å². The number of allylic oxidation sites excluding steroid dienone is 1. The van der Waals surface area contributed by atoms with Crippen LogP contribution in [-0.4, -0.2) is 11.5 Å². The molecule has 1 aliphatic rings. The van der Waals surface area contributed by atoms with Gasteiger partial charge in [0.1, 0.15) is 0 Å². The van der Waals surface area contributed by atoms with Gasteiger partial charge in [0.05, 0.1) is 0 Å². The third-order valence-electron chi connectivity index (χ3n) is 10.2. The maximum absolute atomic E-state index is 4.28. The molecule has 1 N–H and O–H groups in total. The van der Waals surface area contributed by atoms with Crippen LogP contribution in [0.4, 0.5) is 28.4 Å². The molecule has 0 fully saturated rings. The molecule has 7 aromatic carbocycles. The molecule has 4 nitrogen and oxygen atoms in total. The second kappa shape index (κ2) is 13.1. The highest BCUT2D eigenvalue weighted by Crippen LogP contribution is 2.46. The Morgan fingerprint density at radius 3 is 1.83 bits per heavy atom. The molecule has 0 radical (unpaired) electrons. The Kier molecular flexibility index (Phi) is 7.70. The van der Waals surface area contributed by atoms with E-state index in [2.05, 4.69) is 190 Å². The van der Waals surface area contributed by atoms with Crippen LogP contribution in [0.15, 0.2) is 194 Å². The topological polar surface area (TPSA) is 31.4 Å². The predicted molar refractivity (Wildman–Crippen MR) is 226 cm³/mol. The first-order valence-electron chi connectivity index (χ1n) is 17.9. The van der Waals surface area contributed by atoms with Gasteiger partial charge >= 0.3 is 0 Å². The summed E-state index contributed by atoms with van der Waals surface area (Å²) in [5, 5.41) is 11.1. The molecule has 252 valence electrons. The lowest BCUT2D eigenvalue weighted by Crippen LogP contribution is -2.20. The molecular formula is C48H34N4S. The largest absolute Gasteiger partial charge is 0.387 e. The van der Waals surface area contributed by atoms with E-state index in [1.165, 1.54) is 52.8 Å². The summed E-state index contributed by atoms with van der Waals surface area (Å²) in [4.78, 5) is 8.94. The van der Waals surface area contributed by atoms with Crippen molar-refractivity contribution in [2.75, 3.05) is 16.3 Å². The Balaban J connectivity index is 1.14. The lowest BCUT2D eigenvalue weighted by molar-refractivity contribution is 0.946. The molecule has 10 rings (SSSR count). The van der Waals surface area contributed by atoms with E-state index in [0.717, 1.165) is 40.7 Å². The summed E-state index contributed by atoms with van der Waals surface area (Å²) in [6.45, 7) is 0.780. The molecule has 0 saturated carbocycles. The van der Waals surface area contributed by atoms with Crippen molar-refractivity contribution in [3.63, 3.8) is 0 Å². The van der Waals surface area contributed by atoms with Crippen molar-refractivity contribution in [3.8, 4) is 11.1 Å². The van der Waals surface area contributed by atoms with Gasteiger partial charge in [-0.25, -0.2) is 0 Å². The van der Waals surface area contributed by atoms with Gasteiger partial charge in [0.15, 0.2) is 0 Å². The summed E-state index contributed by atoms with van der Waals surface area (Å²) in [6, 6.07) is 57.2. The Bertz CT molecular complexity index is 2820. The van der Waals surface area contributed by atoms with Crippen LogP contribution in [0.5, 0.6) is 0 Å². The minimum absolute atomic E-state index is 0.780. The summed E-state index contributed by atoms with van der Waals surface area (Å²) in [7, 11) is 0. The number of hydrogen-bond donors (Lipinski definition) is 1. The van der Waals surface area contributed by atoms with E-state index in [-0.39, 0.29) is 0 Å². The van der Waals surface area contributed by atoms with E-state index < -0.39 is 0 Å². The number of pyridine rings is 1. The average molecular weight is 699 g/mol. The second-order valence-corrected chi connectivity index (χ2v) is 14.3. The summed E-state index contributed by atoms with van der Waals surface area (Å²) in [6.07, 6.45) is 10.0. The maximum Gasteiger partial charge on any atom is 0.0492 e. The van der Waals surface area contributed by atoms with Crippen molar-refractivity contribution in [2.24, 2.45) is 0 Å². The van der Waals surface area contributed by atoms with E-state index in [1.54, 1.807) is 0 Å². The lowest BCUT2D eigenvalue weighted by Gasteiger charge is -2.29. The minimum atomic E-state index is 0.780. The van der Waals surface area contributed by atoms with Crippen molar-refractivity contribution in [2.45, 2.75) is 0 Å². The summed E-state index contributed by atoms with van der Waals surface area (Å²) >= 11 is 1.89. The number of nitrogens with one attached hydrogen (secondary N) is 1. The number of thiophene rings is 1. The van der Waals surface area contributed by atoms with Crippen LogP contribution in [0.1, 0.15) is 0 Å². The number of aromatic nitrogens is 1. The van der Waals surface area contributed by atoms with Crippen LogP contribution in [0.25, 0.3) is 52.8 Å². The maximum atomic E-state index is 4.28. The first kappa shape index (κ1) is 31.1. The lowest BCUT2D eigenvalue weighted by atomic mass is 9.96. The molecule has 5 heteroatoms. The highest BCUT2D eigenvalue weighted by molar-refractivity contribution is 7.27. The standard InChI is InChI=1S/C48H34N4S/c1-2-8-33(9-3-1)34-14-16-35(17-15-34)52(37-20-18-36(19-21-37)51(38-24-28-49-29-25-38)39-26-30-50-31-27-39)40-22-23-43-45(32-40)41-10-4-5-11-42(41)47-44-12-6-7-13-46(44)53-48(43)47/h1-30,32,50H,31H2. The van der Waals surface area contributed by atoms with Crippen LogP contribution >= 0.6 is 11.3 Å². The Labute approximate surface area is 312 Å². The zero-order valence-electron chi connectivity index (χ0n) is 28.9. The van der Waals surface area contributed by atoms with E-state index in [9.17, 15) is 0 Å². The molecule has 0 atom stereocenters. The highest BCUT2D eigenvalue weighted by atomic mass is 32.1. The van der Waals surface area contributed by atoms with Gasteiger partial charge in [-0.05, 0) is 112 Å². The van der Waals surface area contributed by atoms with Gasteiger partial charge in [-0.3, -0.25) is 4.98 Å². The third kappa shape index (κ3) is 5.50. The van der Waals surface area contributed by atoms with Crippen LogP contribution in [0, 0.1) is 0 Å². The number of hydrogen-bond acceptors (Lipinski definition) is 5. The molecule has 0 amide bonds. The summed E-state index contributed by atoms with van der Waals surface area (Å²) < 4.78 is 2.66. The van der Waals surface area contributed by atoms with Gasteiger partial charge in [0.25, 0.3) is 0 Å². The fourth-order valence-electron chi connectivity index (χ4n) is 7.71. The fourth-order valence-corrected chi connectivity index (χ4v) is 8.97. The van der Waals surface area contributed by atoms with E-state index in [4.69, 9.17) is 0 Å². The van der Waals surface area contributed by atoms with Gasteiger partial charge in [0, 0.05) is 78.6 Å². The molecule has 0 saturated heterocycles. The number of fused-ring (bicyclic) bond motifs is 8. The molecule has 2 aromatic heterocycles. The molecule has 1 aliphatic heterocycles. The first-order valence-corrected chi connectivity index (χ1v) is 18.7. The SMILES string of the molecule is C1=CC(N(c2ccncc2)c2ccc(N(c3ccc(-c4ccccc4)cc3)c3ccc4c(c3)c3ccccc3c3c5ccccc5sc43)cc2)=CCN1. The summed E-state index contributed by atoms with van der Waals surface area (Å²) in [5.74, 6) is 0. The predicted octanol–water partition coefficient (Wildman–Crippen LogP) is 13.0. The number of dihydropyridines is 1. The average Bonchev–Trinajstić information content (AvgIpc) is 3.63. The smallest absolute Gasteiger partial charge is 0.0492 e. The monoisotopic (exact) mass is 698 g/mol. The van der Waals surface area contributed by atoms with E-state index in [1.807, 2.05) is 29.9 Å². The van der Waals surface area contributed by atoms with Gasteiger partial charge in [-0.1, -0.05) is 91.0 Å². The molecule has 0 aliphatic carbocycles. The number of anilines is 5. The molecule has 3 heterocycles. The fraction of sp³-hybridized carbons (Fsp3) is 0.0208. The van der Waals surface area contributed by atoms with Crippen molar-refractivity contribution in [1.82, 2.24) is 10.3 Å². The van der Waals surface area contributed by atoms with Gasteiger partial charge in [-0.15, -0.1) is 11.3 Å². The van der Waals surface area contributed by atoms with Crippen molar-refractivity contribution in [3.05, 3.63) is 194 Å². The quantitative estimate of drug-likeness (QED) is 0.168. The zero-order chi connectivity index (χ0) is 35.1. The van der Waals surface area contributed by atoms with Crippen LogP contribution in [0.2, 0.25) is 0 Å². The number of nitrogens with zero attached hydrogens (tertiary/aromatic N) is 3. The third-order valence-corrected chi connectivity index (χ3v) is 11.4. The zero-order valence-corrected chi connectivity index (χ0v) is 29.7. The molecule has 0 unspecified atom stereocenters. The van der Waals surface area contributed by atoms with Gasteiger partial charge < -0.3 is 15.1 Å². The Morgan fingerprint density at radius 2 is 1.09 bits per heavy atom. The molecule has 53 heavy (non-hydrogen) atoms. The van der Waals surface area contributed by atoms with E-state index >= 15 is 0 Å². The number of benzene rings is 7. The first-order chi connectivity index (χ1) is 26.3. The highest BCUT2D eigenvalue weighted by Gasteiger charge is 2.20. The minimum Gasteiger partial charge on any atom is -0.387 e. The molecular weight excluding hydrogens is 665 g/mol. The molecule has 9 aromatic rings. The van der Waals surface area contributed by atoms with Crippen molar-refractivity contribution in [1.29, 1.82) is 0 Å². The van der Waals surface area contributed by atoms with Crippen molar-refractivity contribution < 1.29 is 0 Å². The van der Waals surface area contributed by atoms with Gasteiger partial charge in [0.2, 0.25) is 0 Å². The van der Waals surface area contributed by atoms with Gasteiger partial charge in [-0.2, -0.15) is 0 Å². The Hall–Kier alpha value is -6.69. The van der Waals surface area contributed by atoms with Crippen molar-refractivity contribution >= 4 is 81.5 Å². The van der Waals surface area contributed by atoms with Crippen LogP contribution in [-0.2, 0) is 0 Å². The van der Waals surface area contributed by atoms with Crippen LogP contribution in [0.3, 0.4) is 0 Å². The summed E-state index contributed by atoms with van der Waals surface area (Å²) in [5.41, 5.74) is 8.94.